The number of para-hydroxylation sites is 1. The number of fused-ring (bicyclic) bond motifs is 10. The Morgan fingerprint density at radius 2 is 1.82 bits per heavy atom. The molecule has 39 heavy (non-hydrogen) atoms. The van der Waals surface area contributed by atoms with Gasteiger partial charge in [0.05, 0.1) is 18.3 Å². The van der Waals surface area contributed by atoms with Gasteiger partial charge in [0.15, 0.2) is 6.29 Å². The Morgan fingerprint density at radius 1 is 1.03 bits per heavy atom. The normalized spacial score (nSPS) is 21.7. The Kier molecular flexibility index (Phi) is 8.50. The summed E-state index contributed by atoms with van der Waals surface area (Å²) in [5.74, 6) is -0.326. The lowest BCUT2D eigenvalue weighted by Crippen LogP contribution is -2.20. The molecular formula is C30H34N4O4S. The van der Waals surface area contributed by atoms with Crippen molar-refractivity contribution in [2.75, 3.05) is 20.3 Å². The Balaban J connectivity index is 1.72. The zero-order valence-corrected chi connectivity index (χ0v) is 23.4. The first-order chi connectivity index (χ1) is 19.0. The second kappa shape index (κ2) is 12.2. The zero-order chi connectivity index (χ0) is 27.4. The average Bonchev–Trinajstić information content (AvgIpc) is 3.50. The predicted molar refractivity (Wildman–Crippen MR) is 156 cm³/mol. The Morgan fingerprint density at radius 3 is 2.64 bits per heavy atom. The first-order valence-electron chi connectivity index (χ1n) is 13.4. The highest BCUT2D eigenvalue weighted by molar-refractivity contribution is 7.95. The van der Waals surface area contributed by atoms with Crippen molar-refractivity contribution < 1.29 is 18.5 Å². The molecule has 4 aromatic rings. The summed E-state index contributed by atoms with van der Waals surface area (Å²) in [7, 11) is 1.59. The number of aromatic nitrogens is 3. The molecule has 0 aliphatic carbocycles. The number of aryl methyl sites for hydroxylation is 1. The van der Waals surface area contributed by atoms with Crippen LogP contribution in [0.4, 0.5) is 0 Å². The van der Waals surface area contributed by atoms with Crippen molar-refractivity contribution in [2.45, 2.75) is 51.1 Å². The third-order valence-electron chi connectivity index (χ3n) is 7.17. The number of nitrogens with zero attached hydrogens (tertiary/aromatic N) is 3. The van der Waals surface area contributed by atoms with Crippen LogP contribution >= 0.6 is 12.0 Å². The number of amides is 1. The van der Waals surface area contributed by atoms with Crippen LogP contribution in [0.15, 0.2) is 55.0 Å². The summed E-state index contributed by atoms with van der Waals surface area (Å²) in [6.07, 6.45) is 8.17. The van der Waals surface area contributed by atoms with Gasteiger partial charge in [0.1, 0.15) is 5.65 Å². The van der Waals surface area contributed by atoms with E-state index in [1.807, 2.05) is 48.8 Å². The molecule has 8 nitrogen and oxygen atoms in total. The third kappa shape index (κ3) is 5.66. The van der Waals surface area contributed by atoms with Crippen molar-refractivity contribution in [2.24, 2.45) is 0 Å². The quantitative estimate of drug-likeness (QED) is 0.278. The highest BCUT2D eigenvalue weighted by Crippen LogP contribution is 2.35. The van der Waals surface area contributed by atoms with Gasteiger partial charge >= 0.3 is 0 Å². The van der Waals surface area contributed by atoms with E-state index in [-0.39, 0.29) is 12.0 Å². The molecule has 1 aliphatic rings. The van der Waals surface area contributed by atoms with Crippen LogP contribution in [0.1, 0.15) is 37.8 Å². The summed E-state index contributed by atoms with van der Waals surface area (Å²) in [4.78, 5) is 30.9. The number of likely N-dealkylation sites (N-methyl/N-ethyl adjacent to an activating group) is 1. The maximum absolute atomic E-state index is 13.5. The topological polar surface area (TPSA) is 87.4 Å². The van der Waals surface area contributed by atoms with Crippen LogP contribution < -0.4 is 5.32 Å². The molecule has 1 aromatic carbocycles. The number of aldehydes is 1. The molecule has 0 fully saturated rings. The fourth-order valence-electron chi connectivity index (χ4n) is 5.10. The maximum atomic E-state index is 13.5. The van der Waals surface area contributed by atoms with E-state index < -0.39 is 0 Å². The summed E-state index contributed by atoms with van der Waals surface area (Å²) in [6.45, 7) is 6.66. The molecule has 0 saturated carbocycles. The zero-order valence-electron chi connectivity index (χ0n) is 22.6. The van der Waals surface area contributed by atoms with Crippen LogP contribution in [0.25, 0.3) is 33.1 Å². The smallest absolute Gasteiger partial charge is 0.252 e. The van der Waals surface area contributed by atoms with Gasteiger partial charge in [-0.25, -0.2) is 4.98 Å². The van der Waals surface area contributed by atoms with Gasteiger partial charge in [0.2, 0.25) is 0 Å². The molecular weight excluding hydrogens is 512 g/mol. The van der Waals surface area contributed by atoms with Gasteiger partial charge < -0.3 is 23.4 Å². The average molecular weight is 547 g/mol. The van der Waals surface area contributed by atoms with Crippen molar-refractivity contribution >= 4 is 57.3 Å². The van der Waals surface area contributed by atoms with Gasteiger partial charge in [-0.15, -0.1) is 0 Å². The van der Waals surface area contributed by atoms with Gasteiger partial charge in [0, 0.05) is 83.6 Å². The van der Waals surface area contributed by atoms with Gasteiger partial charge in [0.25, 0.3) is 5.91 Å². The standard InChI is InChI=1S/C30H34N4O4S/c1-20-10-13-34-18-25(23-8-6-12-32-29(23)34)28(30(36)31-3)26(19-35)24-17-33(27-9-5-4-7-22(24)27)14-16-38-39-21(2)11-15-37-20/h4-9,12,17-21H,10-11,13-16H2,1-3H3,(H,31,36)/b28-26+. The van der Waals surface area contributed by atoms with Gasteiger partial charge in [-0.05, 0) is 50.0 Å². The largest absolute Gasteiger partial charge is 0.378 e. The summed E-state index contributed by atoms with van der Waals surface area (Å²) in [6, 6.07) is 11.7. The number of hydrogen-bond acceptors (Lipinski definition) is 6. The van der Waals surface area contributed by atoms with Crippen LogP contribution in [0.5, 0.6) is 0 Å². The van der Waals surface area contributed by atoms with Crippen molar-refractivity contribution in [1.29, 1.82) is 0 Å². The number of carbonyl (C=O) groups is 2. The van der Waals surface area contributed by atoms with Crippen LogP contribution in [-0.2, 0) is 31.6 Å². The van der Waals surface area contributed by atoms with Gasteiger partial charge in [-0.1, -0.05) is 25.1 Å². The Bertz CT molecular complexity index is 1520. The van der Waals surface area contributed by atoms with Crippen molar-refractivity contribution in [3.8, 4) is 0 Å². The highest BCUT2D eigenvalue weighted by Gasteiger charge is 2.25. The monoisotopic (exact) mass is 546 g/mol. The van der Waals surface area contributed by atoms with E-state index in [1.165, 1.54) is 12.0 Å². The molecule has 9 heteroatoms. The minimum Gasteiger partial charge on any atom is -0.378 e. The summed E-state index contributed by atoms with van der Waals surface area (Å²) < 4.78 is 16.2. The van der Waals surface area contributed by atoms with Gasteiger partial charge in [-0.2, -0.15) is 0 Å². The number of ether oxygens (including phenoxy) is 1. The van der Waals surface area contributed by atoms with Crippen molar-refractivity contribution in [1.82, 2.24) is 19.4 Å². The van der Waals surface area contributed by atoms with Gasteiger partial charge in [-0.3, -0.25) is 9.59 Å². The van der Waals surface area contributed by atoms with Crippen LogP contribution in [0.3, 0.4) is 0 Å². The maximum Gasteiger partial charge on any atom is 0.252 e. The summed E-state index contributed by atoms with van der Waals surface area (Å²) >= 11 is 1.48. The molecule has 3 aromatic heterocycles. The Hall–Kier alpha value is -3.40. The molecule has 4 heterocycles. The SMILES string of the molecule is CNC(=O)/C1=C(\C=O)c2cn(c3ccccc23)CCOSC(C)CCOC(C)CCn2cc1c1cccnc12. The Labute approximate surface area is 232 Å². The van der Waals surface area contributed by atoms with E-state index in [4.69, 9.17) is 8.92 Å². The van der Waals surface area contributed by atoms with Crippen LogP contribution in [-0.4, -0.2) is 57.9 Å². The minimum absolute atomic E-state index is 0.0551. The first kappa shape index (κ1) is 27.2. The molecule has 2 atom stereocenters. The number of rotatable bonds is 2. The number of benzene rings is 1. The molecule has 2 unspecified atom stereocenters. The van der Waals surface area contributed by atoms with Crippen LogP contribution in [0, 0.1) is 0 Å². The molecule has 1 N–H and O–H groups in total. The number of allylic oxidation sites excluding steroid dienone is 1. The summed E-state index contributed by atoms with van der Waals surface area (Å²) in [5.41, 5.74) is 3.80. The van der Waals surface area contributed by atoms with E-state index in [0.717, 1.165) is 41.1 Å². The summed E-state index contributed by atoms with van der Waals surface area (Å²) in [5, 5.41) is 4.79. The molecule has 0 radical (unpaired) electrons. The van der Waals surface area contributed by atoms with E-state index in [1.54, 1.807) is 13.2 Å². The molecule has 1 amide bonds. The number of nitrogens with one attached hydrogen (secondary N) is 1. The predicted octanol–water partition coefficient (Wildman–Crippen LogP) is 5.10. The highest BCUT2D eigenvalue weighted by atomic mass is 32.2. The molecule has 0 saturated heterocycles. The third-order valence-corrected chi connectivity index (χ3v) is 8.04. The molecule has 204 valence electrons. The van der Waals surface area contributed by atoms with E-state index in [9.17, 15) is 9.59 Å². The van der Waals surface area contributed by atoms with Crippen molar-refractivity contribution in [3.63, 3.8) is 0 Å². The van der Waals surface area contributed by atoms with E-state index in [0.29, 0.717) is 53.8 Å². The van der Waals surface area contributed by atoms with E-state index >= 15 is 0 Å². The van der Waals surface area contributed by atoms with E-state index in [2.05, 4.69) is 33.3 Å². The number of hydrogen-bond donors (Lipinski definition) is 1. The van der Waals surface area contributed by atoms with Crippen molar-refractivity contribution in [3.05, 3.63) is 66.1 Å². The fourth-order valence-corrected chi connectivity index (χ4v) is 5.69. The number of carbonyl (C=O) groups excluding carboxylic acids is 2. The lowest BCUT2D eigenvalue weighted by molar-refractivity contribution is -0.115. The lowest BCUT2D eigenvalue weighted by atomic mass is 9.94. The first-order valence-corrected chi connectivity index (χ1v) is 14.2. The molecule has 1 aliphatic heterocycles. The molecule has 5 rings (SSSR count). The fraction of sp³-hybridized carbons (Fsp3) is 0.367. The minimum atomic E-state index is -0.326. The number of pyridine rings is 1. The molecule has 0 spiro atoms. The van der Waals surface area contributed by atoms with Crippen LogP contribution in [0.2, 0.25) is 0 Å². The second-order valence-corrected chi connectivity index (χ2v) is 11.1. The molecule has 4 bridgehead atoms. The lowest BCUT2D eigenvalue weighted by Gasteiger charge is -2.16. The second-order valence-electron chi connectivity index (χ2n) is 9.84.